The average Bonchev–Trinajstić information content (AvgIpc) is 3.28. The van der Waals surface area contributed by atoms with Crippen LogP contribution in [-0.4, -0.2) is 13.4 Å². The number of nitrogens with one attached hydrogen (secondary N) is 2. The quantitative estimate of drug-likeness (QED) is 0.550. The monoisotopic (exact) mass is 386 g/mol. The molecule has 4 rings (SSSR count). The fraction of sp³-hybridized carbons (Fsp3) is 0.0556. The molecule has 6 nitrogen and oxygen atoms in total. The Morgan fingerprint density at radius 3 is 2.77 bits per heavy atom. The molecule has 0 aliphatic rings. The Hall–Kier alpha value is -2.68. The van der Waals surface area contributed by atoms with Crippen LogP contribution in [0.3, 0.4) is 0 Å². The summed E-state index contributed by atoms with van der Waals surface area (Å²) in [7, 11) is -3.74. The predicted octanol–water partition coefficient (Wildman–Crippen LogP) is 3.33. The van der Waals surface area contributed by atoms with E-state index in [-0.39, 0.29) is 11.4 Å². The van der Waals surface area contributed by atoms with Crippen LogP contribution in [0.4, 0.5) is 0 Å². The molecular formula is C18H14N2O4S2. The molecule has 8 heteroatoms. The van der Waals surface area contributed by atoms with Crippen LogP contribution in [0.5, 0.6) is 0 Å². The fourth-order valence-corrected chi connectivity index (χ4v) is 4.42. The highest BCUT2D eigenvalue weighted by Gasteiger charge is 2.16. The summed E-state index contributed by atoms with van der Waals surface area (Å²) in [4.78, 5) is 13.7. The van der Waals surface area contributed by atoms with E-state index in [0.29, 0.717) is 11.1 Å². The Kier molecular flexibility index (Phi) is 4.23. The number of aromatic nitrogens is 1. The molecule has 0 bridgehead atoms. The van der Waals surface area contributed by atoms with Gasteiger partial charge in [-0.05, 0) is 51.7 Å². The Morgan fingerprint density at radius 2 is 1.96 bits per heavy atom. The van der Waals surface area contributed by atoms with E-state index < -0.39 is 15.8 Å². The molecule has 2 aromatic carbocycles. The number of aromatic amines is 1. The van der Waals surface area contributed by atoms with Gasteiger partial charge in [0.05, 0.1) is 10.4 Å². The first-order chi connectivity index (χ1) is 12.5. The molecule has 2 N–H and O–H groups in total. The van der Waals surface area contributed by atoms with Gasteiger partial charge < -0.3 is 4.42 Å². The molecule has 2 heterocycles. The Balaban J connectivity index is 1.61. The van der Waals surface area contributed by atoms with E-state index in [4.69, 9.17) is 4.42 Å². The van der Waals surface area contributed by atoms with Crippen LogP contribution in [0.2, 0.25) is 0 Å². The molecule has 26 heavy (non-hydrogen) atoms. The van der Waals surface area contributed by atoms with Gasteiger partial charge in [-0.1, -0.05) is 24.3 Å². The van der Waals surface area contributed by atoms with Crippen LogP contribution >= 0.6 is 11.3 Å². The van der Waals surface area contributed by atoms with E-state index in [9.17, 15) is 13.2 Å². The van der Waals surface area contributed by atoms with E-state index in [1.54, 1.807) is 11.3 Å². The third kappa shape index (κ3) is 3.22. The summed E-state index contributed by atoms with van der Waals surface area (Å²) in [6, 6.07) is 13.9. The van der Waals surface area contributed by atoms with Crippen molar-refractivity contribution in [1.82, 2.24) is 9.71 Å². The van der Waals surface area contributed by atoms with Gasteiger partial charge in [0.25, 0.3) is 0 Å². The number of fused-ring (bicyclic) bond motifs is 1. The van der Waals surface area contributed by atoms with E-state index in [0.717, 1.165) is 16.7 Å². The van der Waals surface area contributed by atoms with E-state index in [1.165, 1.54) is 18.2 Å². The third-order valence-corrected chi connectivity index (χ3v) is 6.09. The highest BCUT2D eigenvalue weighted by atomic mass is 32.2. The zero-order valence-corrected chi connectivity index (χ0v) is 15.1. The average molecular weight is 386 g/mol. The van der Waals surface area contributed by atoms with Crippen LogP contribution < -0.4 is 10.5 Å². The van der Waals surface area contributed by atoms with Gasteiger partial charge in [0.2, 0.25) is 10.0 Å². The number of benzene rings is 2. The van der Waals surface area contributed by atoms with Crippen LogP contribution in [0, 0.1) is 0 Å². The number of rotatable bonds is 5. The minimum Gasteiger partial charge on any atom is -0.408 e. The first kappa shape index (κ1) is 16.8. The molecule has 0 saturated heterocycles. The zero-order chi connectivity index (χ0) is 18.1. The van der Waals surface area contributed by atoms with Crippen molar-refractivity contribution in [1.29, 1.82) is 0 Å². The van der Waals surface area contributed by atoms with Crippen molar-refractivity contribution >= 4 is 32.5 Å². The minimum absolute atomic E-state index is 0.0649. The summed E-state index contributed by atoms with van der Waals surface area (Å²) in [6.07, 6.45) is 0. The number of thiophene rings is 1. The van der Waals surface area contributed by atoms with Crippen molar-refractivity contribution in [2.75, 3.05) is 0 Å². The maximum Gasteiger partial charge on any atom is 0.417 e. The molecule has 0 atom stereocenters. The molecule has 0 amide bonds. The lowest BCUT2D eigenvalue weighted by molar-refractivity contribution is 0.555. The Morgan fingerprint density at radius 1 is 1.12 bits per heavy atom. The number of oxazole rings is 1. The standard InChI is InChI=1S/C18H14N2O4S2/c21-18-20-16-9-14(5-6-17(16)24-18)26(22,23)19-10-12-3-1-2-4-15(12)13-7-8-25-11-13/h1-9,11,19H,10H2,(H,20,21). The maximum atomic E-state index is 12.6. The SMILES string of the molecule is O=c1[nH]c2cc(S(=O)(=O)NCc3ccccc3-c3ccsc3)ccc2o1. The van der Waals surface area contributed by atoms with Crippen molar-refractivity contribution in [3.63, 3.8) is 0 Å². The lowest BCUT2D eigenvalue weighted by Gasteiger charge is -2.10. The zero-order valence-electron chi connectivity index (χ0n) is 13.4. The van der Waals surface area contributed by atoms with Crippen molar-refractivity contribution in [3.8, 4) is 11.1 Å². The number of H-pyrrole nitrogens is 1. The summed E-state index contributed by atoms with van der Waals surface area (Å²) in [6.45, 7) is 0.161. The first-order valence-electron chi connectivity index (χ1n) is 7.76. The predicted molar refractivity (Wildman–Crippen MR) is 101 cm³/mol. The maximum absolute atomic E-state index is 12.6. The largest absolute Gasteiger partial charge is 0.417 e. The first-order valence-corrected chi connectivity index (χ1v) is 10.2. The molecule has 0 aliphatic heterocycles. The second-order valence-electron chi connectivity index (χ2n) is 5.67. The van der Waals surface area contributed by atoms with E-state index >= 15 is 0 Å². The van der Waals surface area contributed by atoms with Gasteiger partial charge in [0.1, 0.15) is 0 Å². The van der Waals surface area contributed by atoms with Crippen LogP contribution in [-0.2, 0) is 16.6 Å². The van der Waals surface area contributed by atoms with Gasteiger partial charge in [0.15, 0.2) is 5.58 Å². The molecule has 2 aromatic heterocycles. The number of hydrogen-bond acceptors (Lipinski definition) is 5. The lowest BCUT2D eigenvalue weighted by atomic mass is 10.0. The fourth-order valence-electron chi connectivity index (χ4n) is 2.73. The van der Waals surface area contributed by atoms with Gasteiger partial charge in [-0.2, -0.15) is 11.3 Å². The summed E-state index contributed by atoms with van der Waals surface area (Å²) in [5.74, 6) is -0.618. The lowest BCUT2D eigenvalue weighted by Crippen LogP contribution is -2.23. The number of sulfonamides is 1. The highest BCUT2D eigenvalue weighted by Crippen LogP contribution is 2.26. The Labute approximate surface area is 153 Å². The van der Waals surface area contributed by atoms with E-state index in [1.807, 2.05) is 41.1 Å². The second-order valence-corrected chi connectivity index (χ2v) is 8.21. The van der Waals surface area contributed by atoms with Crippen molar-refractivity contribution in [3.05, 3.63) is 75.4 Å². The third-order valence-electron chi connectivity index (χ3n) is 4.00. The summed E-state index contributed by atoms with van der Waals surface area (Å²) in [5.41, 5.74) is 3.59. The summed E-state index contributed by atoms with van der Waals surface area (Å²) >= 11 is 1.59. The van der Waals surface area contributed by atoms with Gasteiger partial charge in [0, 0.05) is 6.54 Å². The molecule has 0 radical (unpaired) electrons. The molecular weight excluding hydrogens is 372 g/mol. The highest BCUT2D eigenvalue weighted by molar-refractivity contribution is 7.89. The molecule has 0 unspecified atom stereocenters. The molecule has 0 aliphatic carbocycles. The molecule has 132 valence electrons. The smallest absolute Gasteiger partial charge is 0.408 e. The normalized spacial score (nSPS) is 11.8. The van der Waals surface area contributed by atoms with Crippen molar-refractivity contribution in [2.45, 2.75) is 11.4 Å². The molecule has 0 spiro atoms. The summed E-state index contributed by atoms with van der Waals surface area (Å²) in [5, 5.41) is 4.01. The molecule has 4 aromatic rings. The van der Waals surface area contributed by atoms with Crippen molar-refractivity contribution in [2.24, 2.45) is 0 Å². The van der Waals surface area contributed by atoms with Gasteiger partial charge in [-0.25, -0.2) is 17.9 Å². The van der Waals surface area contributed by atoms with Crippen LogP contribution in [0.25, 0.3) is 22.2 Å². The summed E-state index contributed by atoms with van der Waals surface area (Å²) < 4.78 is 32.8. The van der Waals surface area contributed by atoms with Crippen molar-refractivity contribution < 1.29 is 12.8 Å². The van der Waals surface area contributed by atoms with Crippen LogP contribution in [0.1, 0.15) is 5.56 Å². The molecule has 0 saturated carbocycles. The Bertz CT molecular complexity index is 1220. The van der Waals surface area contributed by atoms with Crippen LogP contribution in [0.15, 0.2) is 73.4 Å². The van der Waals surface area contributed by atoms with Gasteiger partial charge >= 0.3 is 5.76 Å². The van der Waals surface area contributed by atoms with E-state index in [2.05, 4.69) is 9.71 Å². The molecule has 0 fully saturated rings. The topological polar surface area (TPSA) is 92.2 Å². The van der Waals surface area contributed by atoms with Gasteiger partial charge in [-0.15, -0.1) is 0 Å². The minimum atomic E-state index is -3.74. The second kappa shape index (κ2) is 6.56. The van der Waals surface area contributed by atoms with Gasteiger partial charge in [-0.3, -0.25) is 4.98 Å². The number of hydrogen-bond donors (Lipinski definition) is 2.